The van der Waals surface area contributed by atoms with Crippen molar-refractivity contribution >= 4 is 28.6 Å². The molecule has 0 spiro atoms. The highest BCUT2D eigenvalue weighted by molar-refractivity contribution is 9.10. The zero-order valence-corrected chi connectivity index (χ0v) is 9.85. The minimum atomic E-state index is 0.676. The van der Waals surface area contributed by atoms with Crippen molar-refractivity contribution in [3.63, 3.8) is 0 Å². The first-order valence-corrected chi connectivity index (χ1v) is 5.69. The van der Waals surface area contributed by atoms with Gasteiger partial charge in [0.2, 0.25) is 0 Å². The predicted molar refractivity (Wildman–Crippen MR) is 62.3 cm³/mol. The van der Waals surface area contributed by atoms with Crippen LogP contribution in [-0.4, -0.2) is 12.4 Å². The molecule has 0 amide bonds. The van der Waals surface area contributed by atoms with Crippen LogP contribution in [0.3, 0.4) is 0 Å². The molecule has 0 saturated carbocycles. The van der Waals surface area contributed by atoms with E-state index >= 15 is 0 Å². The molecule has 1 aromatic carbocycles. The fraction of sp³-hybridized carbons (Fsp3) is 0.400. The molecule has 1 rings (SSSR count). The van der Waals surface area contributed by atoms with Crippen LogP contribution in [0.1, 0.15) is 12.0 Å². The molecule has 0 bridgehead atoms. The summed E-state index contributed by atoms with van der Waals surface area (Å²) in [6.45, 7) is 1.46. The van der Waals surface area contributed by atoms with Crippen LogP contribution < -0.4 is 0 Å². The highest BCUT2D eigenvalue weighted by Crippen LogP contribution is 2.16. The number of ether oxygens (including phenoxy) is 1. The molecule has 0 aliphatic rings. The van der Waals surface area contributed by atoms with Crippen molar-refractivity contribution in [1.29, 1.82) is 0 Å². The maximum atomic E-state index is 5.46. The Morgan fingerprint density at radius 2 is 2.08 bits per heavy atom. The Hall–Kier alpha value is 0.01000. The van der Waals surface area contributed by atoms with Crippen LogP contribution in [0.2, 0.25) is 0 Å². The first-order valence-electron chi connectivity index (χ1n) is 4.26. The third-order valence-corrected chi connectivity index (χ3v) is 2.75. The molecule has 0 unspecified atom stereocenters. The van der Waals surface area contributed by atoms with E-state index in [4.69, 9.17) is 4.74 Å². The monoisotopic (exact) mass is 260 g/mol. The molecule has 72 valence electrons. The smallest absolute Gasteiger partial charge is 0.0727 e. The summed E-state index contributed by atoms with van der Waals surface area (Å²) in [6, 6.07) is 8.10. The lowest BCUT2D eigenvalue weighted by molar-refractivity contribution is 0.122. The van der Waals surface area contributed by atoms with Crippen molar-refractivity contribution in [1.82, 2.24) is 0 Å². The van der Waals surface area contributed by atoms with Gasteiger partial charge in [-0.25, -0.2) is 0 Å². The van der Waals surface area contributed by atoms with E-state index in [0.29, 0.717) is 6.61 Å². The molecule has 0 fully saturated rings. The lowest BCUT2D eigenvalue weighted by Crippen LogP contribution is -1.96. The van der Waals surface area contributed by atoms with E-state index in [1.807, 2.05) is 18.2 Å². The number of rotatable bonds is 5. The van der Waals surface area contributed by atoms with Crippen LogP contribution in [0.15, 0.2) is 28.7 Å². The fourth-order valence-corrected chi connectivity index (χ4v) is 1.49. The van der Waals surface area contributed by atoms with E-state index < -0.39 is 0 Å². The van der Waals surface area contributed by atoms with Gasteiger partial charge in [-0.15, -0.1) is 0 Å². The largest absolute Gasteiger partial charge is 0.377 e. The Morgan fingerprint density at radius 3 is 2.77 bits per heavy atom. The van der Waals surface area contributed by atoms with Gasteiger partial charge in [0.05, 0.1) is 6.61 Å². The second-order valence-electron chi connectivity index (χ2n) is 2.72. The van der Waals surface area contributed by atoms with Crippen molar-refractivity contribution in [2.45, 2.75) is 13.0 Å². The summed E-state index contributed by atoms with van der Waals surface area (Å²) in [7, 11) is 0. The van der Waals surface area contributed by atoms with Gasteiger partial charge in [0, 0.05) is 11.1 Å². The van der Waals surface area contributed by atoms with E-state index in [1.165, 1.54) is 5.56 Å². The lowest BCUT2D eigenvalue weighted by atomic mass is 10.2. The molecule has 0 heterocycles. The maximum absolute atomic E-state index is 5.46. The molecule has 0 radical (unpaired) electrons. The van der Waals surface area contributed by atoms with Crippen molar-refractivity contribution < 1.29 is 4.74 Å². The molecule has 1 nitrogen and oxygen atoms in total. The van der Waals surface area contributed by atoms with E-state index in [2.05, 4.69) is 34.6 Å². The van der Waals surface area contributed by atoms with Crippen LogP contribution in [0.4, 0.5) is 0 Å². The van der Waals surface area contributed by atoms with Crippen LogP contribution >= 0.6 is 28.6 Å². The van der Waals surface area contributed by atoms with Gasteiger partial charge in [0.15, 0.2) is 0 Å². The molecule has 0 aliphatic heterocycles. The molecule has 0 N–H and O–H groups in total. The molecular weight excluding hydrogens is 248 g/mol. The molecule has 3 heteroatoms. The summed E-state index contributed by atoms with van der Waals surface area (Å²) in [5.41, 5.74) is 1.20. The van der Waals surface area contributed by atoms with Gasteiger partial charge in [0.25, 0.3) is 0 Å². The van der Waals surface area contributed by atoms with Crippen LogP contribution in [-0.2, 0) is 11.3 Å². The molecule has 0 aliphatic carbocycles. The van der Waals surface area contributed by atoms with E-state index in [0.717, 1.165) is 23.3 Å². The second kappa shape index (κ2) is 6.46. The second-order valence-corrected chi connectivity index (χ2v) is 4.02. The summed E-state index contributed by atoms with van der Waals surface area (Å²) in [6.07, 6.45) is 1.01. The summed E-state index contributed by atoms with van der Waals surface area (Å²) >= 11 is 7.58. The van der Waals surface area contributed by atoms with E-state index in [9.17, 15) is 0 Å². The van der Waals surface area contributed by atoms with Gasteiger partial charge >= 0.3 is 0 Å². The van der Waals surface area contributed by atoms with E-state index in [-0.39, 0.29) is 0 Å². The zero-order valence-electron chi connectivity index (χ0n) is 7.37. The van der Waals surface area contributed by atoms with Crippen LogP contribution in [0.5, 0.6) is 0 Å². The van der Waals surface area contributed by atoms with Crippen LogP contribution in [0, 0.1) is 0 Å². The SMILES string of the molecule is SCCCOCc1ccccc1Br. The molecule has 0 aromatic heterocycles. The minimum Gasteiger partial charge on any atom is -0.377 e. The van der Waals surface area contributed by atoms with Gasteiger partial charge in [0.1, 0.15) is 0 Å². The van der Waals surface area contributed by atoms with Gasteiger partial charge in [-0.05, 0) is 23.8 Å². The van der Waals surface area contributed by atoms with Crippen molar-refractivity contribution in [3.05, 3.63) is 34.3 Å². The predicted octanol–water partition coefficient (Wildman–Crippen LogP) is 3.29. The topological polar surface area (TPSA) is 9.23 Å². The van der Waals surface area contributed by atoms with Gasteiger partial charge in [-0.1, -0.05) is 34.1 Å². The maximum Gasteiger partial charge on any atom is 0.0727 e. The number of thiol groups is 1. The van der Waals surface area contributed by atoms with Crippen molar-refractivity contribution in [2.75, 3.05) is 12.4 Å². The summed E-state index contributed by atoms with van der Waals surface area (Å²) < 4.78 is 6.57. The third kappa shape index (κ3) is 4.16. The summed E-state index contributed by atoms with van der Waals surface area (Å²) in [4.78, 5) is 0. The third-order valence-electron chi connectivity index (χ3n) is 1.66. The first kappa shape index (κ1) is 11.1. The average molecular weight is 261 g/mol. The van der Waals surface area contributed by atoms with Gasteiger partial charge in [-0.2, -0.15) is 12.6 Å². The number of benzene rings is 1. The minimum absolute atomic E-state index is 0.676. The Morgan fingerprint density at radius 1 is 1.31 bits per heavy atom. The molecule has 0 atom stereocenters. The van der Waals surface area contributed by atoms with E-state index in [1.54, 1.807) is 0 Å². The lowest BCUT2D eigenvalue weighted by Gasteiger charge is -2.04. The Balaban J connectivity index is 2.32. The number of hydrogen-bond donors (Lipinski definition) is 1. The molecule has 13 heavy (non-hydrogen) atoms. The highest BCUT2D eigenvalue weighted by Gasteiger charge is 1.97. The first-order chi connectivity index (χ1) is 6.34. The van der Waals surface area contributed by atoms with Crippen molar-refractivity contribution in [3.8, 4) is 0 Å². The zero-order chi connectivity index (χ0) is 9.52. The van der Waals surface area contributed by atoms with Gasteiger partial charge in [-0.3, -0.25) is 0 Å². The highest BCUT2D eigenvalue weighted by atomic mass is 79.9. The molecule has 0 saturated heterocycles. The molecular formula is C10H13BrOS. The summed E-state index contributed by atoms with van der Waals surface area (Å²) in [5, 5.41) is 0. The standard InChI is InChI=1S/C10H13BrOS/c11-10-5-2-1-4-9(10)8-12-6-3-7-13/h1-2,4-5,13H,3,6-8H2. The fourth-order valence-electron chi connectivity index (χ4n) is 0.964. The number of hydrogen-bond acceptors (Lipinski definition) is 2. The number of halogens is 1. The molecule has 1 aromatic rings. The van der Waals surface area contributed by atoms with Gasteiger partial charge < -0.3 is 4.74 Å². The van der Waals surface area contributed by atoms with Crippen molar-refractivity contribution in [2.24, 2.45) is 0 Å². The Labute approximate surface area is 93.0 Å². The summed E-state index contributed by atoms with van der Waals surface area (Å²) in [5.74, 6) is 0.885. The Kier molecular flexibility index (Phi) is 5.51. The quantitative estimate of drug-likeness (QED) is 0.632. The normalized spacial score (nSPS) is 10.3. The van der Waals surface area contributed by atoms with Crippen LogP contribution in [0.25, 0.3) is 0 Å². The Bertz CT molecular complexity index is 252. The average Bonchev–Trinajstić information content (AvgIpc) is 2.15.